The fourth-order valence-electron chi connectivity index (χ4n) is 1.99. The molecule has 1 N–H and O–H groups in total. The van der Waals surface area contributed by atoms with Gasteiger partial charge in [0.05, 0.1) is 22.9 Å². The van der Waals surface area contributed by atoms with Gasteiger partial charge in [-0.1, -0.05) is 0 Å². The fraction of sp³-hybridized carbons (Fsp3) is 0.500. The molecule has 0 aliphatic carbocycles. The van der Waals surface area contributed by atoms with Gasteiger partial charge in [-0.2, -0.15) is 10.2 Å². The molecule has 0 atom stereocenters. The molecule has 0 bridgehead atoms. The van der Waals surface area contributed by atoms with Crippen LogP contribution in [0.1, 0.15) is 25.1 Å². The molecule has 8 heteroatoms. The van der Waals surface area contributed by atoms with Crippen LogP contribution in [-0.4, -0.2) is 36.6 Å². The summed E-state index contributed by atoms with van der Waals surface area (Å²) in [5.74, 6) is 0. The zero-order valence-corrected chi connectivity index (χ0v) is 15.5. The largest absolute Gasteiger partial charge is 0.358 e. The number of thiocarbonyl (C=S) groups is 1. The van der Waals surface area contributed by atoms with Crippen LogP contribution in [-0.2, 0) is 26.2 Å². The fourth-order valence-corrected chi connectivity index (χ4v) is 2.56. The zero-order valence-electron chi connectivity index (χ0n) is 13.1. The highest BCUT2D eigenvalue weighted by atomic mass is 79.9. The third kappa shape index (κ3) is 4.30. The Labute approximate surface area is 144 Å². The van der Waals surface area contributed by atoms with Crippen molar-refractivity contribution in [2.75, 3.05) is 7.05 Å². The Kier molecular flexibility index (Phi) is 5.96. The van der Waals surface area contributed by atoms with Gasteiger partial charge in [-0.3, -0.25) is 9.36 Å². The average molecular weight is 385 g/mol. The van der Waals surface area contributed by atoms with Gasteiger partial charge in [0.1, 0.15) is 0 Å². The van der Waals surface area contributed by atoms with Crippen LogP contribution in [0.15, 0.2) is 23.1 Å². The standard InChI is InChI=1S/C14H21BrN6S/c1-4-20-8-11(7-17-20)6-16-14(22)19(3)10-13-12(15)9-21(5-2)18-13/h7-9H,4-6,10H2,1-3H3,(H,16,22). The number of rotatable bonds is 6. The molecule has 0 amide bonds. The molecule has 22 heavy (non-hydrogen) atoms. The predicted molar refractivity (Wildman–Crippen MR) is 94.4 cm³/mol. The molecule has 2 aromatic heterocycles. The molecule has 6 nitrogen and oxygen atoms in total. The van der Waals surface area contributed by atoms with Crippen molar-refractivity contribution in [3.63, 3.8) is 0 Å². The van der Waals surface area contributed by atoms with E-state index in [0.29, 0.717) is 18.2 Å². The molecule has 0 fully saturated rings. The van der Waals surface area contributed by atoms with Crippen LogP contribution in [0, 0.1) is 0 Å². The number of halogens is 1. The van der Waals surface area contributed by atoms with E-state index in [0.717, 1.165) is 28.8 Å². The van der Waals surface area contributed by atoms with Gasteiger partial charge in [0.2, 0.25) is 0 Å². The molecule has 0 unspecified atom stereocenters. The van der Waals surface area contributed by atoms with Gasteiger partial charge in [0.25, 0.3) is 0 Å². The van der Waals surface area contributed by atoms with E-state index in [4.69, 9.17) is 12.2 Å². The van der Waals surface area contributed by atoms with Crippen molar-refractivity contribution in [3.05, 3.63) is 34.3 Å². The van der Waals surface area contributed by atoms with E-state index in [2.05, 4.69) is 45.3 Å². The van der Waals surface area contributed by atoms with E-state index < -0.39 is 0 Å². The number of hydrogen-bond acceptors (Lipinski definition) is 3. The molecule has 0 aliphatic heterocycles. The SMILES string of the molecule is CCn1cc(CNC(=S)N(C)Cc2nn(CC)cc2Br)cn1. The van der Waals surface area contributed by atoms with Crippen molar-refractivity contribution in [2.45, 2.75) is 40.0 Å². The van der Waals surface area contributed by atoms with Crippen LogP contribution < -0.4 is 5.32 Å². The molecule has 0 radical (unpaired) electrons. The average Bonchev–Trinajstić information content (AvgIpc) is 3.11. The highest BCUT2D eigenvalue weighted by Gasteiger charge is 2.11. The van der Waals surface area contributed by atoms with Crippen molar-refractivity contribution in [1.82, 2.24) is 29.8 Å². The van der Waals surface area contributed by atoms with Crippen LogP contribution in [0.4, 0.5) is 0 Å². The van der Waals surface area contributed by atoms with Crippen molar-refractivity contribution in [1.29, 1.82) is 0 Å². The highest BCUT2D eigenvalue weighted by molar-refractivity contribution is 9.10. The van der Waals surface area contributed by atoms with Gasteiger partial charge in [-0.15, -0.1) is 0 Å². The maximum atomic E-state index is 5.43. The second kappa shape index (κ2) is 7.73. The quantitative estimate of drug-likeness (QED) is 0.774. The third-order valence-electron chi connectivity index (χ3n) is 3.30. The van der Waals surface area contributed by atoms with Crippen molar-refractivity contribution in [3.8, 4) is 0 Å². The Morgan fingerprint density at radius 3 is 2.64 bits per heavy atom. The van der Waals surface area contributed by atoms with E-state index in [1.54, 1.807) is 0 Å². The molecule has 0 aliphatic rings. The van der Waals surface area contributed by atoms with Crippen LogP contribution >= 0.6 is 28.1 Å². The Morgan fingerprint density at radius 1 is 1.32 bits per heavy atom. The lowest BCUT2D eigenvalue weighted by molar-refractivity contribution is 0.474. The van der Waals surface area contributed by atoms with Crippen molar-refractivity contribution >= 4 is 33.3 Å². The molecule has 0 aromatic carbocycles. The maximum absolute atomic E-state index is 5.43. The second-order valence-corrected chi connectivity index (χ2v) is 6.24. The number of nitrogens with zero attached hydrogens (tertiary/aromatic N) is 5. The molecular weight excluding hydrogens is 364 g/mol. The van der Waals surface area contributed by atoms with E-state index in [-0.39, 0.29) is 0 Å². The summed E-state index contributed by atoms with van der Waals surface area (Å²) < 4.78 is 4.81. The van der Waals surface area contributed by atoms with Crippen molar-refractivity contribution < 1.29 is 0 Å². The topological polar surface area (TPSA) is 50.9 Å². The van der Waals surface area contributed by atoms with E-state index in [1.165, 1.54) is 0 Å². The lowest BCUT2D eigenvalue weighted by Crippen LogP contribution is -2.36. The highest BCUT2D eigenvalue weighted by Crippen LogP contribution is 2.16. The number of aryl methyl sites for hydroxylation is 2. The summed E-state index contributed by atoms with van der Waals surface area (Å²) in [4.78, 5) is 1.98. The minimum Gasteiger partial charge on any atom is -0.358 e. The van der Waals surface area contributed by atoms with Crippen LogP contribution in [0.3, 0.4) is 0 Å². The van der Waals surface area contributed by atoms with Gasteiger partial charge in [0.15, 0.2) is 5.11 Å². The lowest BCUT2D eigenvalue weighted by atomic mass is 10.3. The molecule has 2 rings (SSSR count). The summed E-state index contributed by atoms with van der Waals surface area (Å²) in [6, 6.07) is 0. The smallest absolute Gasteiger partial charge is 0.169 e. The minimum atomic E-state index is 0.660. The third-order valence-corrected chi connectivity index (χ3v) is 4.42. The minimum absolute atomic E-state index is 0.660. The Balaban J connectivity index is 1.87. The first-order valence-electron chi connectivity index (χ1n) is 7.25. The molecule has 0 saturated heterocycles. The Hall–Kier alpha value is -1.41. The van der Waals surface area contributed by atoms with Gasteiger partial charge in [-0.05, 0) is 42.0 Å². The molecule has 120 valence electrons. The molecule has 2 aromatic rings. The van der Waals surface area contributed by atoms with Gasteiger partial charge >= 0.3 is 0 Å². The maximum Gasteiger partial charge on any atom is 0.169 e. The normalized spacial score (nSPS) is 10.7. The summed E-state index contributed by atoms with van der Waals surface area (Å²) >= 11 is 8.96. The van der Waals surface area contributed by atoms with E-state index in [9.17, 15) is 0 Å². The van der Waals surface area contributed by atoms with Crippen LogP contribution in [0.25, 0.3) is 0 Å². The first kappa shape index (κ1) is 17.0. The molecule has 2 heterocycles. The molecule has 0 saturated carbocycles. The number of hydrogen-bond donors (Lipinski definition) is 1. The summed E-state index contributed by atoms with van der Waals surface area (Å²) in [6.45, 7) is 7.19. The van der Waals surface area contributed by atoms with Crippen LogP contribution in [0.5, 0.6) is 0 Å². The lowest BCUT2D eigenvalue weighted by Gasteiger charge is -2.20. The summed E-state index contributed by atoms with van der Waals surface area (Å²) in [7, 11) is 1.96. The van der Waals surface area contributed by atoms with Gasteiger partial charge < -0.3 is 10.2 Å². The number of aromatic nitrogens is 4. The summed E-state index contributed by atoms with van der Waals surface area (Å²) in [6.07, 6.45) is 5.87. The van der Waals surface area contributed by atoms with Crippen LogP contribution in [0.2, 0.25) is 0 Å². The first-order chi connectivity index (χ1) is 10.5. The summed E-state index contributed by atoms with van der Waals surface area (Å²) in [5, 5.41) is 12.7. The second-order valence-electron chi connectivity index (χ2n) is 5.00. The summed E-state index contributed by atoms with van der Waals surface area (Å²) in [5.41, 5.74) is 2.10. The number of nitrogens with one attached hydrogen (secondary N) is 1. The van der Waals surface area contributed by atoms with Crippen molar-refractivity contribution in [2.24, 2.45) is 0 Å². The Morgan fingerprint density at radius 2 is 2.05 bits per heavy atom. The van der Waals surface area contributed by atoms with E-state index >= 15 is 0 Å². The van der Waals surface area contributed by atoms with Gasteiger partial charge in [-0.25, -0.2) is 0 Å². The monoisotopic (exact) mass is 384 g/mol. The van der Waals surface area contributed by atoms with E-state index in [1.807, 2.05) is 39.9 Å². The first-order valence-corrected chi connectivity index (χ1v) is 8.45. The predicted octanol–water partition coefficient (Wildman–Crippen LogP) is 2.39. The zero-order chi connectivity index (χ0) is 16.1. The molecular formula is C14H21BrN6S. The molecule has 0 spiro atoms. The van der Waals surface area contributed by atoms with Gasteiger partial charge in [0, 0.05) is 44.6 Å². The Bertz CT molecular complexity index is 635.